The van der Waals surface area contributed by atoms with Crippen LogP contribution in [-0.4, -0.2) is 43.0 Å². The fraction of sp³-hybridized carbons (Fsp3) is 0.211. The van der Waals surface area contributed by atoms with E-state index >= 15 is 0 Å². The van der Waals surface area contributed by atoms with Crippen LogP contribution in [0.5, 0.6) is 0 Å². The largest absolute Gasteiger partial charge is 0.465 e. The lowest BCUT2D eigenvalue weighted by Gasteiger charge is -2.17. The molecule has 0 saturated heterocycles. The summed E-state index contributed by atoms with van der Waals surface area (Å²) in [5.74, 6) is -0.164. The lowest BCUT2D eigenvalue weighted by Crippen LogP contribution is -2.27. The summed E-state index contributed by atoms with van der Waals surface area (Å²) < 4.78 is 36.9. The Kier molecular flexibility index (Phi) is 6.02. The Balaban J connectivity index is 1.84. The number of nitrogens with zero attached hydrogens (tertiary/aromatic N) is 3. The van der Waals surface area contributed by atoms with Crippen molar-refractivity contribution in [1.82, 2.24) is 14.4 Å². The number of carbonyl (C=O) groups is 1. The fourth-order valence-corrected chi connectivity index (χ4v) is 4.09. The van der Waals surface area contributed by atoms with Crippen molar-refractivity contribution in [3.63, 3.8) is 0 Å². The van der Waals surface area contributed by atoms with Gasteiger partial charge in [-0.25, -0.2) is 13.2 Å². The number of sulfonamides is 1. The third kappa shape index (κ3) is 4.47. The van der Waals surface area contributed by atoms with Crippen molar-refractivity contribution in [3.8, 4) is 11.4 Å². The zero-order valence-electron chi connectivity index (χ0n) is 15.9. The molecule has 1 aromatic heterocycles. The Labute approximate surface area is 173 Å². The van der Waals surface area contributed by atoms with Crippen LogP contribution in [0.2, 0.25) is 5.02 Å². The average molecular weight is 436 g/mol. The van der Waals surface area contributed by atoms with Gasteiger partial charge < -0.3 is 9.26 Å². The Bertz CT molecular complexity index is 1140. The minimum absolute atomic E-state index is 0.000315. The smallest absolute Gasteiger partial charge is 0.337 e. The van der Waals surface area contributed by atoms with Gasteiger partial charge in [0.05, 0.1) is 24.1 Å². The number of hydrogen-bond donors (Lipinski definition) is 0. The van der Waals surface area contributed by atoms with Crippen molar-refractivity contribution < 1.29 is 22.5 Å². The third-order valence-corrected chi connectivity index (χ3v) is 6.42. The molecule has 0 aliphatic rings. The number of aromatic nitrogens is 2. The predicted molar refractivity (Wildman–Crippen MR) is 106 cm³/mol. The van der Waals surface area contributed by atoms with Gasteiger partial charge in [0.1, 0.15) is 0 Å². The zero-order valence-corrected chi connectivity index (χ0v) is 17.5. The third-order valence-electron chi connectivity index (χ3n) is 4.23. The number of rotatable bonds is 6. The zero-order chi connectivity index (χ0) is 21.2. The van der Waals surface area contributed by atoms with Crippen LogP contribution in [0, 0.1) is 6.92 Å². The first kappa shape index (κ1) is 21.0. The summed E-state index contributed by atoms with van der Waals surface area (Å²) in [4.78, 5) is 16.0. The van der Waals surface area contributed by atoms with Crippen LogP contribution in [-0.2, 0) is 21.3 Å². The first-order chi connectivity index (χ1) is 13.7. The summed E-state index contributed by atoms with van der Waals surface area (Å²) in [7, 11) is -1.29. The van der Waals surface area contributed by atoms with Gasteiger partial charge in [0.15, 0.2) is 0 Å². The minimum Gasteiger partial charge on any atom is -0.465 e. The molecule has 0 radical (unpaired) electrons. The number of aryl methyl sites for hydroxylation is 1. The van der Waals surface area contributed by atoms with Gasteiger partial charge in [-0.1, -0.05) is 22.8 Å². The molecule has 0 saturated carbocycles. The maximum absolute atomic E-state index is 13.0. The number of carbonyl (C=O) groups excluding carboxylic acids is 1. The highest BCUT2D eigenvalue weighted by Gasteiger charge is 2.26. The minimum atomic E-state index is -3.91. The molecular weight excluding hydrogens is 418 g/mol. The molecule has 0 fully saturated rings. The molecule has 0 aliphatic heterocycles. The second kappa shape index (κ2) is 8.32. The molecule has 10 heteroatoms. The van der Waals surface area contributed by atoms with Gasteiger partial charge in [0.25, 0.3) is 0 Å². The molecule has 2 aromatic carbocycles. The lowest BCUT2D eigenvalue weighted by atomic mass is 10.1. The van der Waals surface area contributed by atoms with E-state index in [0.717, 1.165) is 4.31 Å². The normalized spacial score (nSPS) is 11.6. The summed E-state index contributed by atoms with van der Waals surface area (Å²) in [5, 5.41) is 4.45. The standard InChI is InChI=1S/C19H18ClN3O5S/c1-12-4-5-14(19(24)27-3)10-16(12)29(25,26)23(2)11-17-21-18(22-28-17)13-6-8-15(20)9-7-13/h4-10H,11H2,1-3H3. The van der Waals surface area contributed by atoms with E-state index in [2.05, 4.69) is 14.9 Å². The number of benzene rings is 2. The molecular formula is C19H18ClN3O5S. The number of ether oxygens (including phenoxy) is 1. The molecule has 0 amide bonds. The van der Waals surface area contributed by atoms with Crippen LogP contribution in [0.15, 0.2) is 51.9 Å². The van der Waals surface area contributed by atoms with Gasteiger partial charge in [-0.15, -0.1) is 0 Å². The maximum atomic E-state index is 13.0. The Hall–Kier alpha value is -2.75. The summed E-state index contributed by atoms with van der Waals surface area (Å²) in [6.07, 6.45) is 0. The molecule has 3 aromatic rings. The Morgan fingerprint density at radius 1 is 1.21 bits per heavy atom. The molecule has 1 heterocycles. The lowest BCUT2D eigenvalue weighted by molar-refractivity contribution is 0.0600. The van der Waals surface area contributed by atoms with Crippen molar-refractivity contribution in [2.24, 2.45) is 0 Å². The van der Waals surface area contributed by atoms with Crippen molar-refractivity contribution in [2.45, 2.75) is 18.4 Å². The van der Waals surface area contributed by atoms with E-state index in [0.29, 0.717) is 22.0 Å². The molecule has 0 unspecified atom stereocenters. The number of esters is 1. The van der Waals surface area contributed by atoms with Crippen molar-refractivity contribution in [1.29, 1.82) is 0 Å². The van der Waals surface area contributed by atoms with Crippen molar-refractivity contribution in [3.05, 3.63) is 64.5 Å². The van der Waals surface area contributed by atoms with E-state index in [4.69, 9.17) is 16.1 Å². The number of halogens is 1. The van der Waals surface area contributed by atoms with Gasteiger partial charge in [0.2, 0.25) is 21.7 Å². The summed E-state index contributed by atoms with van der Waals surface area (Å²) in [6, 6.07) is 11.2. The highest BCUT2D eigenvalue weighted by molar-refractivity contribution is 7.89. The van der Waals surface area contributed by atoms with E-state index < -0.39 is 16.0 Å². The average Bonchev–Trinajstić information content (AvgIpc) is 3.16. The SMILES string of the molecule is COC(=O)c1ccc(C)c(S(=O)(=O)N(C)Cc2nc(-c3ccc(Cl)cc3)no2)c1. The highest BCUT2D eigenvalue weighted by Crippen LogP contribution is 2.23. The van der Waals surface area contributed by atoms with E-state index in [-0.39, 0.29) is 22.9 Å². The first-order valence-electron chi connectivity index (χ1n) is 8.46. The summed E-state index contributed by atoms with van der Waals surface area (Å²) in [5.41, 5.74) is 1.33. The Morgan fingerprint density at radius 2 is 1.90 bits per heavy atom. The monoisotopic (exact) mass is 435 g/mol. The molecule has 152 valence electrons. The van der Waals surface area contributed by atoms with Gasteiger partial charge in [-0.2, -0.15) is 9.29 Å². The molecule has 8 nitrogen and oxygen atoms in total. The maximum Gasteiger partial charge on any atom is 0.337 e. The highest BCUT2D eigenvalue weighted by atomic mass is 35.5. The first-order valence-corrected chi connectivity index (χ1v) is 10.3. The van der Waals surface area contributed by atoms with Crippen molar-refractivity contribution >= 4 is 27.6 Å². The molecule has 0 atom stereocenters. The van der Waals surface area contributed by atoms with Crippen LogP contribution in [0.4, 0.5) is 0 Å². The van der Waals surface area contributed by atoms with Gasteiger partial charge >= 0.3 is 5.97 Å². The second-order valence-corrected chi connectivity index (χ2v) is 8.70. The van der Waals surface area contributed by atoms with Crippen LogP contribution in [0.1, 0.15) is 21.8 Å². The van der Waals surface area contributed by atoms with Gasteiger partial charge in [0, 0.05) is 17.6 Å². The van der Waals surface area contributed by atoms with Crippen LogP contribution in [0.25, 0.3) is 11.4 Å². The van der Waals surface area contributed by atoms with Crippen LogP contribution >= 0.6 is 11.6 Å². The molecule has 0 aliphatic carbocycles. The molecule has 29 heavy (non-hydrogen) atoms. The summed E-state index contributed by atoms with van der Waals surface area (Å²) >= 11 is 5.87. The second-order valence-electron chi connectivity index (χ2n) is 6.25. The molecule has 0 N–H and O–H groups in total. The molecule has 0 spiro atoms. The topological polar surface area (TPSA) is 103 Å². The van der Waals surface area contributed by atoms with Crippen LogP contribution < -0.4 is 0 Å². The van der Waals surface area contributed by atoms with E-state index in [1.165, 1.54) is 26.3 Å². The van der Waals surface area contributed by atoms with E-state index in [9.17, 15) is 13.2 Å². The quantitative estimate of drug-likeness (QED) is 0.547. The van der Waals surface area contributed by atoms with E-state index in [1.54, 1.807) is 37.3 Å². The van der Waals surface area contributed by atoms with Gasteiger partial charge in [-0.05, 0) is 48.9 Å². The predicted octanol–water partition coefficient (Wildman–Crippen LogP) is 3.31. The molecule has 3 rings (SSSR count). The fourth-order valence-electron chi connectivity index (χ4n) is 2.60. The number of hydrogen-bond acceptors (Lipinski definition) is 7. The van der Waals surface area contributed by atoms with Crippen LogP contribution in [0.3, 0.4) is 0 Å². The van der Waals surface area contributed by atoms with E-state index in [1.807, 2.05) is 0 Å². The van der Waals surface area contributed by atoms with Gasteiger partial charge in [-0.3, -0.25) is 0 Å². The summed E-state index contributed by atoms with van der Waals surface area (Å²) in [6.45, 7) is 1.51. The van der Waals surface area contributed by atoms with Crippen molar-refractivity contribution in [2.75, 3.05) is 14.2 Å². The Morgan fingerprint density at radius 3 is 2.55 bits per heavy atom. The number of methoxy groups -OCH3 is 1. The molecule has 0 bridgehead atoms.